The van der Waals surface area contributed by atoms with Gasteiger partial charge in [-0.05, 0) is 24.1 Å². The highest BCUT2D eigenvalue weighted by atomic mass is 35.5. The number of nitrogens with one attached hydrogen (secondary N) is 1. The summed E-state index contributed by atoms with van der Waals surface area (Å²) >= 11 is 6.25. The first-order chi connectivity index (χ1) is 15.5. The number of anilines is 1. The normalized spacial score (nSPS) is 15.1. The summed E-state index contributed by atoms with van der Waals surface area (Å²) in [7, 11) is 3.07. The highest BCUT2D eigenvalue weighted by Gasteiger charge is 2.31. The maximum atomic E-state index is 12.7. The smallest absolute Gasteiger partial charge is 0.269 e. The summed E-state index contributed by atoms with van der Waals surface area (Å²) in [6, 6.07) is 13.2. The predicted molar refractivity (Wildman–Crippen MR) is 122 cm³/mol. The third kappa shape index (κ3) is 4.55. The molecule has 1 aromatic heterocycles. The van der Waals surface area contributed by atoms with Crippen LogP contribution >= 0.6 is 11.6 Å². The van der Waals surface area contributed by atoms with Crippen LogP contribution in [0.1, 0.15) is 23.1 Å². The molecule has 0 unspecified atom stereocenters. The largest absolute Gasteiger partial charge is 0.496 e. The van der Waals surface area contributed by atoms with Gasteiger partial charge in [0.1, 0.15) is 11.5 Å². The van der Waals surface area contributed by atoms with E-state index >= 15 is 0 Å². The summed E-state index contributed by atoms with van der Waals surface area (Å²) in [5.41, 5.74) is 3.57. The second kappa shape index (κ2) is 9.32. The van der Waals surface area contributed by atoms with E-state index in [1.165, 1.54) is 12.7 Å². The van der Waals surface area contributed by atoms with Crippen LogP contribution in [0.3, 0.4) is 0 Å². The van der Waals surface area contributed by atoms with Crippen molar-refractivity contribution in [3.63, 3.8) is 0 Å². The molecule has 166 valence electrons. The van der Waals surface area contributed by atoms with Crippen molar-refractivity contribution in [2.75, 3.05) is 19.5 Å². The fourth-order valence-corrected chi connectivity index (χ4v) is 3.69. The topological polar surface area (TPSA) is 87.0 Å². The monoisotopic (exact) mass is 454 g/mol. The molecule has 0 radical (unpaired) electrons. The van der Waals surface area contributed by atoms with Crippen LogP contribution in [0, 0.1) is 6.92 Å². The number of oxime groups is 1. The molecule has 9 heteroatoms. The van der Waals surface area contributed by atoms with E-state index in [4.69, 9.17) is 25.9 Å². The average Bonchev–Trinajstić information content (AvgIpc) is 3.45. The highest BCUT2D eigenvalue weighted by molar-refractivity contribution is 6.32. The van der Waals surface area contributed by atoms with Crippen LogP contribution in [0.15, 0.2) is 53.8 Å². The van der Waals surface area contributed by atoms with Crippen molar-refractivity contribution >= 4 is 29.0 Å². The summed E-state index contributed by atoms with van der Waals surface area (Å²) in [6.45, 7) is 2.68. The maximum Gasteiger partial charge on any atom is 0.269 e. The van der Waals surface area contributed by atoms with Gasteiger partial charge in [-0.25, -0.2) is 0 Å². The van der Waals surface area contributed by atoms with Crippen LogP contribution in [-0.2, 0) is 16.2 Å². The third-order valence-electron chi connectivity index (χ3n) is 5.23. The number of rotatable bonds is 7. The Morgan fingerprint density at radius 2 is 2.00 bits per heavy atom. The number of aryl methyl sites for hydroxylation is 1. The first-order valence-electron chi connectivity index (χ1n) is 10.0. The minimum atomic E-state index is -0.780. The van der Waals surface area contributed by atoms with Crippen molar-refractivity contribution < 1.29 is 19.1 Å². The van der Waals surface area contributed by atoms with Gasteiger partial charge in [-0.2, -0.15) is 5.10 Å². The summed E-state index contributed by atoms with van der Waals surface area (Å²) in [6.07, 6.45) is 1.32. The molecule has 2 heterocycles. The number of amides is 1. The number of halogens is 1. The van der Waals surface area contributed by atoms with Gasteiger partial charge >= 0.3 is 0 Å². The molecule has 8 nitrogen and oxygen atoms in total. The number of methoxy groups -OCH3 is 2. The number of nitrogens with zero attached hydrogens (tertiary/aromatic N) is 3. The van der Waals surface area contributed by atoms with E-state index in [0.717, 1.165) is 5.56 Å². The van der Waals surface area contributed by atoms with Crippen molar-refractivity contribution in [2.45, 2.75) is 26.0 Å². The Morgan fingerprint density at radius 1 is 1.22 bits per heavy atom. The molecule has 1 amide bonds. The minimum Gasteiger partial charge on any atom is -0.496 e. The predicted octanol–water partition coefficient (Wildman–Crippen LogP) is 4.04. The summed E-state index contributed by atoms with van der Waals surface area (Å²) < 4.78 is 12.4. The van der Waals surface area contributed by atoms with Gasteiger partial charge in [-0.1, -0.05) is 41.0 Å². The third-order valence-corrected chi connectivity index (χ3v) is 5.53. The number of ether oxygens (including phenoxy) is 2. The fraction of sp³-hybridized carbons (Fsp3) is 0.261. The van der Waals surface area contributed by atoms with Crippen molar-refractivity contribution in [1.82, 2.24) is 9.78 Å². The Balaban J connectivity index is 1.40. The summed E-state index contributed by atoms with van der Waals surface area (Å²) in [4.78, 5) is 18.1. The van der Waals surface area contributed by atoms with Gasteiger partial charge in [0.05, 0.1) is 31.5 Å². The summed E-state index contributed by atoms with van der Waals surface area (Å²) in [5.74, 6) is 1.14. The Morgan fingerprint density at radius 3 is 2.75 bits per heavy atom. The molecule has 1 N–H and O–H groups in total. The molecule has 0 saturated carbocycles. The van der Waals surface area contributed by atoms with Gasteiger partial charge in [0.15, 0.2) is 5.82 Å². The number of carbonyl (C=O) groups is 1. The van der Waals surface area contributed by atoms with E-state index in [9.17, 15) is 4.79 Å². The van der Waals surface area contributed by atoms with Crippen molar-refractivity contribution in [3.05, 3.63) is 70.4 Å². The van der Waals surface area contributed by atoms with E-state index < -0.39 is 6.10 Å². The van der Waals surface area contributed by atoms with Gasteiger partial charge in [-0.15, -0.1) is 0 Å². The summed E-state index contributed by atoms with van der Waals surface area (Å²) in [5, 5.41) is 11.7. The lowest BCUT2D eigenvalue weighted by molar-refractivity contribution is -0.125. The first kappa shape index (κ1) is 21.7. The van der Waals surface area contributed by atoms with Crippen LogP contribution in [0.25, 0.3) is 0 Å². The number of aromatic nitrogens is 2. The second-order valence-corrected chi connectivity index (χ2v) is 7.74. The highest BCUT2D eigenvalue weighted by Crippen LogP contribution is 2.34. The second-order valence-electron chi connectivity index (χ2n) is 7.34. The van der Waals surface area contributed by atoms with Gasteiger partial charge in [0, 0.05) is 30.3 Å². The maximum absolute atomic E-state index is 12.7. The Labute approximate surface area is 190 Å². The Bertz CT molecular complexity index is 1170. The molecule has 4 rings (SSSR count). The first-order valence-corrected chi connectivity index (χ1v) is 10.4. The molecule has 0 aliphatic carbocycles. The molecule has 0 spiro atoms. The fourth-order valence-electron chi connectivity index (χ4n) is 3.45. The quantitative estimate of drug-likeness (QED) is 0.582. The lowest BCUT2D eigenvalue weighted by Crippen LogP contribution is -2.28. The lowest BCUT2D eigenvalue weighted by atomic mass is 10.0. The van der Waals surface area contributed by atoms with Crippen LogP contribution in [-0.4, -0.2) is 41.7 Å². The standard InChI is InChI=1S/C23H23ClN4O4/c1-14-6-4-5-7-15(14)13-28-9-8-22(26-28)25-23(29)21-11-18(27-32-21)16-10-17(24)20(31-3)12-19(16)30-2/h4-10,12,21H,11,13H2,1-3H3,(H,25,26,29)/t21-/m1/s1. The number of carbonyl (C=O) groups excluding carboxylic acids is 1. The number of hydrogen-bond acceptors (Lipinski definition) is 6. The molecule has 0 fully saturated rings. The van der Waals surface area contributed by atoms with Gasteiger partial charge in [-0.3, -0.25) is 9.48 Å². The molecule has 0 bridgehead atoms. The van der Waals surface area contributed by atoms with Gasteiger partial charge < -0.3 is 19.6 Å². The lowest BCUT2D eigenvalue weighted by Gasteiger charge is -2.11. The minimum absolute atomic E-state index is 0.273. The average molecular weight is 455 g/mol. The molecular formula is C23H23ClN4O4. The van der Waals surface area contributed by atoms with Crippen molar-refractivity contribution in [3.8, 4) is 11.5 Å². The number of hydrogen-bond donors (Lipinski definition) is 1. The van der Waals surface area contributed by atoms with E-state index in [0.29, 0.717) is 40.2 Å². The van der Waals surface area contributed by atoms with Crippen LogP contribution in [0.4, 0.5) is 5.82 Å². The van der Waals surface area contributed by atoms with Crippen molar-refractivity contribution in [2.24, 2.45) is 5.16 Å². The van der Waals surface area contributed by atoms with E-state index in [1.54, 1.807) is 30.0 Å². The number of benzene rings is 2. The zero-order valence-corrected chi connectivity index (χ0v) is 18.7. The van der Waals surface area contributed by atoms with Crippen molar-refractivity contribution in [1.29, 1.82) is 0 Å². The van der Waals surface area contributed by atoms with Crippen LogP contribution in [0.5, 0.6) is 11.5 Å². The Hall–Kier alpha value is -3.52. The van der Waals surface area contributed by atoms with Gasteiger partial charge in [0.25, 0.3) is 5.91 Å². The SMILES string of the molecule is COc1cc(OC)c(C2=NO[C@@H](C(=O)Nc3ccn(Cc4ccccc4C)n3)C2)cc1Cl. The zero-order valence-electron chi connectivity index (χ0n) is 18.0. The van der Waals surface area contributed by atoms with Crippen LogP contribution in [0.2, 0.25) is 5.02 Å². The molecule has 32 heavy (non-hydrogen) atoms. The molecule has 1 aliphatic rings. The molecule has 1 aliphatic heterocycles. The zero-order chi connectivity index (χ0) is 22.7. The molecule has 1 atom stereocenters. The van der Waals surface area contributed by atoms with E-state index in [-0.39, 0.29) is 12.3 Å². The Kier molecular flexibility index (Phi) is 6.32. The van der Waals surface area contributed by atoms with Gasteiger partial charge in [0.2, 0.25) is 6.10 Å². The molecule has 0 saturated heterocycles. The van der Waals surface area contributed by atoms with E-state index in [2.05, 4.69) is 34.6 Å². The van der Waals surface area contributed by atoms with Crippen LogP contribution < -0.4 is 14.8 Å². The van der Waals surface area contributed by atoms with E-state index in [1.807, 2.05) is 18.3 Å². The molecular weight excluding hydrogens is 432 g/mol. The molecule has 3 aromatic rings. The molecule has 2 aromatic carbocycles.